The van der Waals surface area contributed by atoms with E-state index in [0.29, 0.717) is 12.1 Å². The third kappa shape index (κ3) is 3.88. The maximum atomic E-state index is 13.0. The van der Waals surface area contributed by atoms with Crippen LogP contribution in [0.4, 0.5) is 0 Å². The van der Waals surface area contributed by atoms with Gasteiger partial charge >= 0.3 is 0 Å². The van der Waals surface area contributed by atoms with Gasteiger partial charge in [0.2, 0.25) is 0 Å². The van der Waals surface area contributed by atoms with Gasteiger partial charge in [0.1, 0.15) is 0 Å². The van der Waals surface area contributed by atoms with E-state index in [1.54, 1.807) is 12.4 Å². The maximum Gasteiger partial charge on any atom is 0.252 e. The van der Waals surface area contributed by atoms with Crippen LogP contribution in [0.3, 0.4) is 0 Å². The van der Waals surface area contributed by atoms with Crippen LogP contribution in [-0.2, 0) is 6.54 Å². The Kier molecular flexibility index (Phi) is 4.94. The third-order valence-corrected chi connectivity index (χ3v) is 4.78. The number of pyridine rings is 2. The highest BCUT2D eigenvalue weighted by molar-refractivity contribution is 9.10. The van der Waals surface area contributed by atoms with Crippen LogP contribution < -0.4 is 5.32 Å². The minimum atomic E-state index is -0.130. The van der Waals surface area contributed by atoms with E-state index in [4.69, 9.17) is 4.98 Å². The van der Waals surface area contributed by atoms with Gasteiger partial charge in [-0.15, -0.1) is 0 Å². The molecule has 0 spiro atoms. The number of rotatable bonds is 4. The van der Waals surface area contributed by atoms with E-state index in [0.717, 1.165) is 32.2 Å². The molecule has 0 radical (unpaired) electrons. The molecule has 27 heavy (non-hydrogen) atoms. The van der Waals surface area contributed by atoms with Crippen LogP contribution >= 0.6 is 15.9 Å². The average Bonchev–Trinajstić information content (AvgIpc) is 2.72. The zero-order valence-corrected chi connectivity index (χ0v) is 16.0. The first-order valence-corrected chi connectivity index (χ1v) is 9.33. The molecule has 0 saturated heterocycles. The Morgan fingerprint density at radius 2 is 1.74 bits per heavy atom. The fourth-order valence-corrected chi connectivity index (χ4v) is 3.28. The van der Waals surface area contributed by atoms with Crippen molar-refractivity contribution in [2.45, 2.75) is 6.54 Å². The smallest absolute Gasteiger partial charge is 0.252 e. The van der Waals surface area contributed by atoms with Crippen molar-refractivity contribution in [1.82, 2.24) is 15.3 Å². The lowest BCUT2D eigenvalue weighted by Crippen LogP contribution is -2.23. The van der Waals surface area contributed by atoms with Gasteiger partial charge in [0, 0.05) is 34.4 Å². The lowest BCUT2D eigenvalue weighted by atomic mass is 10.0. The Morgan fingerprint density at radius 3 is 2.52 bits per heavy atom. The molecule has 2 aromatic carbocycles. The van der Waals surface area contributed by atoms with Crippen molar-refractivity contribution in [2.75, 3.05) is 0 Å². The van der Waals surface area contributed by atoms with E-state index in [2.05, 4.69) is 26.2 Å². The molecule has 4 aromatic rings. The molecule has 4 nitrogen and oxygen atoms in total. The summed E-state index contributed by atoms with van der Waals surface area (Å²) >= 11 is 3.49. The molecular formula is C22H16BrN3O. The minimum absolute atomic E-state index is 0.130. The molecule has 0 unspecified atom stereocenters. The topological polar surface area (TPSA) is 54.9 Å². The Morgan fingerprint density at radius 1 is 0.963 bits per heavy atom. The molecule has 1 N–H and O–H groups in total. The first kappa shape index (κ1) is 17.4. The molecule has 0 bridgehead atoms. The van der Waals surface area contributed by atoms with Crippen LogP contribution in [0.1, 0.15) is 15.9 Å². The molecule has 0 atom stereocenters. The van der Waals surface area contributed by atoms with E-state index in [1.807, 2.05) is 66.7 Å². The van der Waals surface area contributed by atoms with Crippen LogP contribution in [0.2, 0.25) is 0 Å². The van der Waals surface area contributed by atoms with E-state index in [9.17, 15) is 4.79 Å². The molecule has 0 aliphatic rings. The van der Waals surface area contributed by atoms with Gasteiger partial charge in [-0.2, -0.15) is 0 Å². The quantitative estimate of drug-likeness (QED) is 0.508. The number of hydrogen-bond acceptors (Lipinski definition) is 3. The van der Waals surface area contributed by atoms with E-state index in [-0.39, 0.29) is 5.91 Å². The first-order valence-electron chi connectivity index (χ1n) is 8.53. The fraction of sp³-hybridized carbons (Fsp3) is 0.0455. The summed E-state index contributed by atoms with van der Waals surface area (Å²) in [5, 5.41) is 3.81. The molecule has 0 saturated carbocycles. The number of fused-ring (bicyclic) bond motifs is 1. The number of benzene rings is 2. The van der Waals surface area contributed by atoms with Gasteiger partial charge in [0.25, 0.3) is 5.91 Å². The molecule has 2 aromatic heterocycles. The standard InChI is InChI=1S/C22H16BrN3O/c23-17-6-7-20-18(12-17)19(13-21(26-20)16-4-2-1-3-5-16)22(27)25-14-15-8-10-24-11-9-15/h1-13H,14H2,(H,25,27). The number of nitrogens with zero attached hydrogens (tertiary/aromatic N) is 2. The average molecular weight is 418 g/mol. The van der Waals surface area contributed by atoms with E-state index < -0.39 is 0 Å². The molecule has 132 valence electrons. The van der Waals surface area contributed by atoms with Crippen LogP contribution in [-0.4, -0.2) is 15.9 Å². The predicted octanol–water partition coefficient (Wildman–Crippen LogP) is 4.99. The van der Waals surface area contributed by atoms with E-state index >= 15 is 0 Å². The fourth-order valence-electron chi connectivity index (χ4n) is 2.92. The Hall–Kier alpha value is -3.05. The summed E-state index contributed by atoms with van der Waals surface area (Å²) in [4.78, 5) is 21.7. The summed E-state index contributed by atoms with van der Waals surface area (Å²) in [6, 6.07) is 21.3. The summed E-state index contributed by atoms with van der Waals surface area (Å²) in [7, 11) is 0. The second-order valence-corrected chi connectivity index (χ2v) is 7.04. The van der Waals surface area contributed by atoms with Crippen molar-refractivity contribution in [1.29, 1.82) is 0 Å². The number of amides is 1. The zero-order chi connectivity index (χ0) is 18.6. The summed E-state index contributed by atoms with van der Waals surface area (Å²) in [6.07, 6.45) is 3.43. The monoisotopic (exact) mass is 417 g/mol. The Bertz CT molecular complexity index is 1100. The van der Waals surface area contributed by atoms with Crippen LogP contribution in [0.25, 0.3) is 22.2 Å². The highest BCUT2D eigenvalue weighted by Crippen LogP contribution is 2.27. The Balaban J connectivity index is 1.75. The van der Waals surface area contributed by atoms with Crippen molar-refractivity contribution >= 4 is 32.7 Å². The summed E-state index contributed by atoms with van der Waals surface area (Å²) in [5.41, 5.74) is 4.15. The zero-order valence-electron chi connectivity index (χ0n) is 14.4. The SMILES string of the molecule is O=C(NCc1ccncc1)c1cc(-c2ccccc2)nc2ccc(Br)cc12. The van der Waals surface area contributed by atoms with Crippen LogP contribution in [0.5, 0.6) is 0 Å². The van der Waals surface area contributed by atoms with Gasteiger partial charge in [-0.3, -0.25) is 9.78 Å². The highest BCUT2D eigenvalue weighted by atomic mass is 79.9. The van der Waals surface area contributed by atoms with Gasteiger partial charge in [0.05, 0.1) is 16.8 Å². The molecule has 0 aliphatic carbocycles. The molecule has 5 heteroatoms. The highest BCUT2D eigenvalue weighted by Gasteiger charge is 2.14. The van der Waals surface area contributed by atoms with Crippen molar-refractivity contribution < 1.29 is 4.79 Å². The van der Waals surface area contributed by atoms with Crippen molar-refractivity contribution in [2.24, 2.45) is 0 Å². The molecular weight excluding hydrogens is 402 g/mol. The number of carbonyl (C=O) groups is 1. The Labute approximate surface area is 165 Å². The van der Waals surface area contributed by atoms with Gasteiger partial charge in [-0.05, 0) is 42.0 Å². The number of aromatic nitrogens is 2. The number of hydrogen-bond donors (Lipinski definition) is 1. The molecule has 4 rings (SSSR count). The van der Waals surface area contributed by atoms with Crippen molar-refractivity contribution in [3.05, 3.63) is 94.7 Å². The largest absolute Gasteiger partial charge is 0.348 e. The lowest BCUT2D eigenvalue weighted by Gasteiger charge is -2.11. The summed E-state index contributed by atoms with van der Waals surface area (Å²) < 4.78 is 0.910. The maximum absolute atomic E-state index is 13.0. The van der Waals surface area contributed by atoms with Gasteiger partial charge < -0.3 is 5.32 Å². The molecule has 2 heterocycles. The lowest BCUT2D eigenvalue weighted by molar-refractivity contribution is 0.0952. The molecule has 1 amide bonds. The van der Waals surface area contributed by atoms with Gasteiger partial charge in [0.15, 0.2) is 0 Å². The van der Waals surface area contributed by atoms with Crippen molar-refractivity contribution in [3.8, 4) is 11.3 Å². The third-order valence-electron chi connectivity index (χ3n) is 4.29. The van der Waals surface area contributed by atoms with Crippen LogP contribution in [0.15, 0.2) is 83.6 Å². The van der Waals surface area contributed by atoms with Crippen molar-refractivity contribution in [3.63, 3.8) is 0 Å². The minimum Gasteiger partial charge on any atom is -0.348 e. The first-order chi connectivity index (χ1) is 13.2. The molecule has 0 aliphatic heterocycles. The predicted molar refractivity (Wildman–Crippen MR) is 110 cm³/mol. The number of carbonyl (C=O) groups excluding carboxylic acids is 1. The number of nitrogens with one attached hydrogen (secondary N) is 1. The van der Waals surface area contributed by atoms with E-state index in [1.165, 1.54) is 0 Å². The molecule has 0 fully saturated rings. The normalized spacial score (nSPS) is 10.7. The second-order valence-electron chi connectivity index (χ2n) is 6.12. The summed E-state index contributed by atoms with van der Waals surface area (Å²) in [6.45, 7) is 0.444. The van der Waals surface area contributed by atoms with Gasteiger partial charge in [-0.25, -0.2) is 4.98 Å². The summed E-state index contributed by atoms with van der Waals surface area (Å²) in [5.74, 6) is -0.130. The number of halogens is 1. The van der Waals surface area contributed by atoms with Crippen LogP contribution in [0, 0.1) is 0 Å². The second kappa shape index (κ2) is 7.68. The van der Waals surface area contributed by atoms with Gasteiger partial charge in [-0.1, -0.05) is 46.3 Å².